The molecule has 1 nitrogen and oxygen atoms in total. The molecule has 0 aliphatic carbocycles. The van der Waals surface area contributed by atoms with Crippen molar-refractivity contribution in [2.75, 3.05) is 5.75 Å². The molecule has 0 aliphatic rings. The van der Waals surface area contributed by atoms with Gasteiger partial charge in [-0.1, -0.05) is 18.2 Å². The third kappa shape index (κ3) is 3.20. The van der Waals surface area contributed by atoms with Crippen molar-refractivity contribution in [1.29, 1.82) is 0 Å². The average Bonchev–Trinajstić information content (AvgIpc) is 2.74. The van der Waals surface area contributed by atoms with Gasteiger partial charge in [-0.05, 0) is 37.6 Å². The first-order chi connectivity index (χ1) is 8.16. The van der Waals surface area contributed by atoms with Gasteiger partial charge in [-0.2, -0.15) is 0 Å². The van der Waals surface area contributed by atoms with Gasteiger partial charge < -0.3 is 0 Å². The number of ketones is 1. The second-order valence-electron chi connectivity index (χ2n) is 3.89. The summed E-state index contributed by atoms with van der Waals surface area (Å²) in [6.07, 6.45) is 0. The summed E-state index contributed by atoms with van der Waals surface area (Å²) in [5.74, 6) is 0.738. The van der Waals surface area contributed by atoms with Crippen molar-refractivity contribution >= 4 is 28.9 Å². The maximum absolute atomic E-state index is 11.9. The number of hydrogen-bond donors (Lipinski definition) is 0. The highest BCUT2D eigenvalue weighted by molar-refractivity contribution is 8.00. The predicted molar refractivity (Wildman–Crippen MR) is 75.3 cm³/mol. The van der Waals surface area contributed by atoms with Crippen LogP contribution in [-0.2, 0) is 0 Å². The molecule has 0 aliphatic heterocycles. The van der Waals surface area contributed by atoms with Gasteiger partial charge in [-0.15, -0.1) is 23.1 Å². The molecule has 2 aromatic rings. The van der Waals surface area contributed by atoms with Crippen LogP contribution in [0.15, 0.2) is 41.3 Å². The van der Waals surface area contributed by atoms with Gasteiger partial charge in [-0.3, -0.25) is 4.79 Å². The van der Waals surface area contributed by atoms with Gasteiger partial charge in [0.1, 0.15) is 0 Å². The second-order valence-corrected chi connectivity index (χ2v) is 6.19. The molecule has 0 saturated carbocycles. The molecular formula is C14H14OS2. The Morgan fingerprint density at radius 2 is 1.94 bits per heavy atom. The zero-order valence-corrected chi connectivity index (χ0v) is 11.5. The highest BCUT2D eigenvalue weighted by Crippen LogP contribution is 2.24. The summed E-state index contributed by atoms with van der Waals surface area (Å²) < 4.78 is 0. The Labute approximate surface area is 110 Å². The molecule has 3 heteroatoms. The van der Waals surface area contributed by atoms with E-state index in [0.29, 0.717) is 5.75 Å². The second kappa shape index (κ2) is 5.52. The largest absolute Gasteiger partial charge is 0.292 e. The lowest BCUT2D eigenvalue weighted by atomic mass is 10.2. The molecule has 2 rings (SSSR count). The third-order valence-corrected chi connectivity index (χ3v) is 4.68. The van der Waals surface area contributed by atoms with E-state index in [0.717, 1.165) is 4.88 Å². The Balaban J connectivity index is 1.99. The summed E-state index contributed by atoms with van der Waals surface area (Å²) in [6.45, 7) is 4.10. The minimum Gasteiger partial charge on any atom is -0.292 e. The molecule has 88 valence electrons. The van der Waals surface area contributed by atoms with Crippen molar-refractivity contribution in [3.63, 3.8) is 0 Å². The molecule has 1 aromatic carbocycles. The summed E-state index contributed by atoms with van der Waals surface area (Å²) in [6, 6.07) is 12.1. The van der Waals surface area contributed by atoms with Gasteiger partial charge >= 0.3 is 0 Å². The molecule has 0 atom stereocenters. The standard InChI is InChI=1S/C14H14OS2/c1-10-5-3-4-6-13(10)16-9-12(15)14-8-7-11(2)17-14/h3-8H,9H2,1-2H3. The van der Waals surface area contributed by atoms with Gasteiger partial charge in [0, 0.05) is 9.77 Å². The monoisotopic (exact) mass is 262 g/mol. The van der Waals surface area contributed by atoms with Gasteiger partial charge in [0.15, 0.2) is 5.78 Å². The van der Waals surface area contributed by atoms with Crippen molar-refractivity contribution in [3.8, 4) is 0 Å². The number of carbonyl (C=O) groups excluding carboxylic acids is 1. The first-order valence-electron chi connectivity index (χ1n) is 5.45. The molecule has 0 fully saturated rings. The first-order valence-corrected chi connectivity index (χ1v) is 7.25. The van der Waals surface area contributed by atoms with Crippen LogP contribution < -0.4 is 0 Å². The zero-order valence-electron chi connectivity index (χ0n) is 9.90. The van der Waals surface area contributed by atoms with Crippen molar-refractivity contribution in [2.24, 2.45) is 0 Å². The molecule has 0 radical (unpaired) electrons. The molecular weight excluding hydrogens is 248 g/mol. The number of rotatable bonds is 4. The molecule has 0 unspecified atom stereocenters. The summed E-state index contributed by atoms with van der Waals surface area (Å²) in [7, 11) is 0. The minimum atomic E-state index is 0.219. The van der Waals surface area contributed by atoms with Crippen LogP contribution in [0.2, 0.25) is 0 Å². The van der Waals surface area contributed by atoms with Crippen molar-refractivity contribution in [1.82, 2.24) is 0 Å². The van der Waals surface area contributed by atoms with Gasteiger partial charge in [-0.25, -0.2) is 0 Å². The molecule has 0 N–H and O–H groups in total. The lowest BCUT2D eigenvalue weighted by Crippen LogP contribution is -1.99. The van der Waals surface area contributed by atoms with Gasteiger partial charge in [0.25, 0.3) is 0 Å². The smallest absolute Gasteiger partial charge is 0.182 e. The Morgan fingerprint density at radius 3 is 2.59 bits per heavy atom. The van der Waals surface area contributed by atoms with E-state index in [1.54, 1.807) is 23.1 Å². The van der Waals surface area contributed by atoms with E-state index in [9.17, 15) is 4.79 Å². The lowest BCUT2D eigenvalue weighted by molar-refractivity contribution is 0.102. The number of aryl methyl sites for hydroxylation is 2. The maximum Gasteiger partial charge on any atom is 0.182 e. The summed E-state index contributed by atoms with van der Waals surface area (Å²) in [5, 5.41) is 0. The number of thiophene rings is 1. The topological polar surface area (TPSA) is 17.1 Å². The molecule has 0 saturated heterocycles. The van der Waals surface area contributed by atoms with Gasteiger partial charge in [0.05, 0.1) is 10.6 Å². The summed E-state index contributed by atoms with van der Waals surface area (Å²) in [4.78, 5) is 15.2. The molecule has 1 heterocycles. The van der Waals surface area contributed by atoms with E-state index in [1.165, 1.54) is 15.3 Å². The van der Waals surface area contributed by atoms with E-state index in [1.807, 2.05) is 31.2 Å². The number of benzene rings is 1. The van der Waals surface area contributed by atoms with Crippen LogP contribution in [0.25, 0.3) is 0 Å². The van der Waals surface area contributed by atoms with Crippen LogP contribution in [0.3, 0.4) is 0 Å². The number of thioether (sulfide) groups is 1. The van der Waals surface area contributed by atoms with E-state index >= 15 is 0 Å². The van der Waals surface area contributed by atoms with Crippen LogP contribution in [0, 0.1) is 13.8 Å². The molecule has 1 aromatic heterocycles. The lowest BCUT2D eigenvalue weighted by Gasteiger charge is -2.03. The summed E-state index contributed by atoms with van der Waals surface area (Å²) in [5.41, 5.74) is 1.23. The molecule has 0 spiro atoms. The van der Waals surface area contributed by atoms with Crippen molar-refractivity contribution < 1.29 is 4.79 Å². The fourth-order valence-electron chi connectivity index (χ4n) is 1.52. The Morgan fingerprint density at radius 1 is 1.18 bits per heavy atom. The highest BCUT2D eigenvalue weighted by Gasteiger charge is 2.09. The Hall–Kier alpha value is -1.06. The fourth-order valence-corrected chi connectivity index (χ4v) is 3.33. The normalized spacial score (nSPS) is 10.5. The van der Waals surface area contributed by atoms with E-state index < -0.39 is 0 Å². The molecule has 17 heavy (non-hydrogen) atoms. The number of hydrogen-bond acceptors (Lipinski definition) is 3. The third-order valence-electron chi connectivity index (χ3n) is 2.47. The van der Waals surface area contributed by atoms with Crippen LogP contribution in [0.1, 0.15) is 20.1 Å². The molecule has 0 bridgehead atoms. The van der Waals surface area contributed by atoms with Crippen LogP contribution in [0.5, 0.6) is 0 Å². The fraction of sp³-hybridized carbons (Fsp3) is 0.214. The van der Waals surface area contributed by atoms with E-state index in [-0.39, 0.29) is 5.78 Å². The van der Waals surface area contributed by atoms with Crippen LogP contribution in [-0.4, -0.2) is 11.5 Å². The number of Topliss-reactive ketones (excluding diaryl/α,β-unsaturated/α-hetero) is 1. The SMILES string of the molecule is Cc1ccc(C(=O)CSc2ccccc2C)s1. The highest BCUT2D eigenvalue weighted by atomic mass is 32.2. The average molecular weight is 262 g/mol. The van der Waals surface area contributed by atoms with Gasteiger partial charge in [0.2, 0.25) is 0 Å². The van der Waals surface area contributed by atoms with Crippen LogP contribution >= 0.6 is 23.1 Å². The van der Waals surface area contributed by atoms with Crippen molar-refractivity contribution in [3.05, 3.63) is 51.7 Å². The predicted octanol–water partition coefficient (Wildman–Crippen LogP) is 4.34. The first kappa shape index (κ1) is 12.4. The van der Waals surface area contributed by atoms with E-state index in [4.69, 9.17) is 0 Å². The van der Waals surface area contributed by atoms with Crippen molar-refractivity contribution in [2.45, 2.75) is 18.7 Å². The minimum absolute atomic E-state index is 0.219. The molecule has 0 amide bonds. The van der Waals surface area contributed by atoms with E-state index in [2.05, 4.69) is 19.1 Å². The Kier molecular flexibility index (Phi) is 4.02. The number of carbonyl (C=O) groups is 1. The zero-order chi connectivity index (χ0) is 12.3. The maximum atomic E-state index is 11.9. The quantitative estimate of drug-likeness (QED) is 0.602. The van der Waals surface area contributed by atoms with Crippen LogP contribution in [0.4, 0.5) is 0 Å². The Bertz CT molecular complexity index is 529. The summed E-state index contributed by atoms with van der Waals surface area (Å²) >= 11 is 3.19.